The van der Waals surface area contributed by atoms with Crippen molar-refractivity contribution >= 4 is 0 Å². The van der Waals surface area contributed by atoms with E-state index in [9.17, 15) is 0 Å². The monoisotopic (exact) mass is 183 g/mol. The Morgan fingerprint density at radius 2 is 2.46 bits per heavy atom. The van der Waals surface area contributed by atoms with Crippen LogP contribution in [-0.4, -0.2) is 29.9 Å². The Hall–Kier alpha value is -0.940. The van der Waals surface area contributed by atoms with Crippen LogP contribution >= 0.6 is 0 Å². The molecule has 0 bridgehead atoms. The zero-order valence-electron chi connectivity index (χ0n) is 7.78. The molecule has 0 amide bonds. The maximum absolute atomic E-state index is 5.22. The van der Waals surface area contributed by atoms with E-state index >= 15 is 0 Å². The molecule has 1 N–H and O–H groups in total. The van der Waals surface area contributed by atoms with Crippen molar-refractivity contribution in [1.29, 1.82) is 0 Å². The van der Waals surface area contributed by atoms with Crippen molar-refractivity contribution < 1.29 is 9.26 Å². The average molecular weight is 183 g/mol. The highest BCUT2D eigenvalue weighted by Gasteiger charge is 2.28. The quantitative estimate of drug-likeness (QED) is 0.720. The largest absolute Gasteiger partial charge is 0.380 e. The summed E-state index contributed by atoms with van der Waals surface area (Å²) in [6.45, 7) is 2.67. The Balaban J connectivity index is 2.03. The van der Waals surface area contributed by atoms with Gasteiger partial charge >= 0.3 is 0 Å². The van der Waals surface area contributed by atoms with E-state index in [1.165, 1.54) is 0 Å². The maximum atomic E-state index is 5.22. The first-order valence-corrected chi connectivity index (χ1v) is 4.36. The van der Waals surface area contributed by atoms with Crippen LogP contribution in [-0.2, 0) is 4.74 Å². The molecule has 1 aromatic rings. The van der Waals surface area contributed by atoms with E-state index in [0.29, 0.717) is 11.7 Å². The first-order chi connectivity index (χ1) is 6.29. The van der Waals surface area contributed by atoms with E-state index in [2.05, 4.69) is 15.5 Å². The number of aryl methyl sites for hydroxylation is 1. The fraction of sp³-hybridized carbons (Fsp3) is 0.750. The molecule has 0 unspecified atom stereocenters. The van der Waals surface area contributed by atoms with Crippen molar-refractivity contribution in [3.8, 4) is 0 Å². The van der Waals surface area contributed by atoms with Crippen LogP contribution in [0.5, 0.6) is 0 Å². The standard InChI is InChI=1S/C8H13N3O2/c1-5-10-8(13-11-5)7-3-6(12-2)4-9-7/h6-7,9H,3-4H2,1-2H3/t6-,7+/m0/s1. The molecule has 2 rings (SSSR count). The van der Waals surface area contributed by atoms with Crippen LogP contribution in [0, 0.1) is 6.92 Å². The molecule has 1 aliphatic rings. The lowest BCUT2D eigenvalue weighted by molar-refractivity contribution is 0.116. The molecule has 1 aromatic heterocycles. The molecule has 72 valence electrons. The molecule has 0 aliphatic carbocycles. The average Bonchev–Trinajstić information content (AvgIpc) is 2.71. The van der Waals surface area contributed by atoms with Crippen LogP contribution in [0.25, 0.3) is 0 Å². The number of methoxy groups -OCH3 is 1. The van der Waals surface area contributed by atoms with Crippen LogP contribution in [0.3, 0.4) is 0 Å². The summed E-state index contributed by atoms with van der Waals surface area (Å²) in [5.74, 6) is 1.34. The van der Waals surface area contributed by atoms with Gasteiger partial charge < -0.3 is 14.6 Å². The van der Waals surface area contributed by atoms with Crippen molar-refractivity contribution in [2.24, 2.45) is 0 Å². The molecule has 5 nitrogen and oxygen atoms in total. The van der Waals surface area contributed by atoms with Gasteiger partial charge in [0.25, 0.3) is 0 Å². The zero-order chi connectivity index (χ0) is 9.26. The Labute approximate surface area is 76.5 Å². The second-order valence-corrected chi connectivity index (χ2v) is 3.23. The predicted molar refractivity (Wildman–Crippen MR) is 45.2 cm³/mol. The van der Waals surface area contributed by atoms with Gasteiger partial charge in [-0.15, -0.1) is 0 Å². The molecular weight excluding hydrogens is 170 g/mol. The van der Waals surface area contributed by atoms with Crippen molar-refractivity contribution in [1.82, 2.24) is 15.5 Å². The first kappa shape index (κ1) is 8.65. The van der Waals surface area contributed by atoms with Crippen LogP contribution in [0.4, 0.5) is 0 Å². The smallest absolute Gasteiger partial charge is 0.243 e. The normalized spacial score (nSPS) is 28.2. The van der Waals surface area contributed by atoms with Gasteiger partial charge in [0, 0.05) is 13.7 Å². The van der Waals surface area contributed by atoms with Crippen LogP contribution in [0.15, 0.2) is 4.52 Å². The molecular formula is C8H13N3O2. The highest BCUT2D eigenvalue weighted by molar-refractivity contribution is 4.96. The van der Waals surface area contributed by atoms with Crippen LogP contribution < -0.4 is 5.32 Å². The lowest BCUT2D eigenvalue weighted by atomic mass is 10.2. The number of ether oxygens (including phenoxy) is 1. The molecule has 0 aromatic carbocycles. The van der Waals surface area contributed by atoms with Crippen LogP contribution in [0.2, 0.25) is 0 Å². The van der Waals surface area contributed by atoms with Gasteiger partial charge in [-0.3, -0.25) is 0 Å². The van der Waals surface area contributed by atoms with E-state index < -0.39 is 0 Å². The molecule has 5 heteroatoms. The first-order valence-electron chi connectivity index (χ1n) is 4.36. The number of hydrogen-bond acceptors (Lipinski definition) is 5. The van der Waals surface area contributed by atoms with Crippen molar-refractivity contribution in [3.05, 3.63) is 11.7 Å². The van der Waals surface area contributed by atoms with Crippen LogP contribution in [0.1, 0.15) is 24.2 Å². The summed E-state index contributed by atoms with van der Waals surface area (Å²) in [5.41, 5.74) is 0. The van der Waals surface area contributed by atoms with Gasteiger partial charge in [-0.25, -0.2) is 0 Å². The SMILES string of the molecule is CO[C@@H]1CN[C@@H](c2nc(C)no2)C1. The number of rotatable bonds is 2. The van der Waals surface area contributed by atoms with Gasteiger partial charge in [0.15, 0.2) is 5.82 Å². The van der Waals surface area contributed by atoms with E-state index in [-0.39, 0.29) is 12.1 Å². The van der Waals surface area contributed by atoms with Gasteiger partial charge in [-0.2, -0.15) is 4.98 Å². The summed E-state index contributed by atoms with van der Waals surface area (Å²) in [7, 11) is 1.72. The summed E-state index contributed by atoms with van der Waals surface area (Å²) in [6.07, 6.45) is 1.16. The van der Waals surface area contributed by atoms with E-state index in [1.54, 1.807) is 7.11 Å². The fourth-order valence-corrected chi connectivity index (χ4v) is 1.53. The summed E-state index contributed by atoms with van der Waals surface area (Å²) >= 11 is 0. The minimum absolute atomic E-state index is 0.158. The predicted octanol–water partition coefficient (Wildman–Crippen LogP) is 0.427. The second kappa shape index (κ2) is 3.43. The van der Waals surface area contributed by atoms with Crippen molar-refractivity contribution in [2.45, 2.75) is 25.5 Å². The number of hydrogen-bond donors (Lipinski definition) is 1. The minimum atomic E-state index is 0.158. The lowest BCUT2D eigenvalue weighted by Gasteiger charge is -2.03. The number of nitrogens with one attached hydrogen (secondary N) is 1. The lowest BCUT2D eigenvalue weighted by Crippen LogP contribution is -2.16. The third-order valence-electron chi connectivity index (χ3n) is 2.27. The van der Waals surface area contributed by atoms with Crippen molar-refractivity contribution in [3.63, 3.8) is 0 Å². The molecule has 0 radical (unpaired) electrons. The fourth-order valence-electron chi connectivity index (χ4n) is 1.53. The molecule has 13 heavy (non-hydrogen) atoms. The molecule has 0 saturated carbocycles. The molecule has 2 atom stereocenters. The Morgan fingerprint density at radius 3 is 3.00 bits per heavy atom. The number of aromatic nitrogens is 2. The molecule has 2 heterocycles. The van der Waals surface area contributed by atoms with Gasteiger partial charge in [0.1, 0.15) is 0 Å². The van der Waals surface area contributed by atoms with E-state index in [0.717, 1.165) is 13.0 Å². The summed E-state index contributed by atoms with van der Waals surface area (Å²) in [6, 6.07) is 0.158. The van der Waals surface area contributed by atoms with Gasteiger partial charge in [0.05, 0.1) is 12.1 Å². The molecule has 1 aliphatic heterocycles. The maximum Gasteiger partial charge on any atom is 0.243 e. The topological polar surface area (TPSA) is 60.2 Å². The van der Waals surface area contributed by atoms with E-state index in [4.69, 9.17) is 9.26 Å². The second-order valence-electron chi connectivity index (χ2n) is 3.23. The van der Waals surface area contributed by atoms with Crippen molar-refractivity contribution in [2.75, 3.05) is 13.7 Å². The number of nitrogens with zero attached hydrogens (tertiary/aromatic N) is 2. The van der Waals surface area contributed by atoms with Gasteiger partial charge in [-0.1, -0.05) is 5.16 Å². The Bertz CT molecular complexity index is 287. The Morgan fingerprint density at radius 1 is 1.62 bits per heavy atom. The minimum Gasteiger partial charge on any atom is -0.380 e. The third-order valence-corrected chi connectivity index (χ3v) is 2.27. The summed E-state index contributed by atoms with van der Waals surface area (Å²) in [5, 5.41) is 7.01. The summed E-state index contributed by atoms with van der Waals surface area (Å²) < 4.78 is 10.3. The summed E-state index contributed by atoms with van der Waals surface area (Å²) in [4.78, 5) is 4.17. The zero-order valence-corrected chi connectivity index (χ0v) is 7.78. The molecule has 1 saturated heterocycles. The van der Waals surface area contributed by atoms with E-state index in [1.807, 2.05) is 6.92 Å². The van der Waals surface area contributed by atoms with Gasteiger partial charge in [0.2, 0.25) is 5.89 Å². The highest BCUT2D eigenvalue weighted by Crippen LogP contribution is 2.22. The third kappa shape index (κ3) is 1.71. The van der Waals surface area contributed by atoms with Gasteiger partial charge in [-0.05, 0) is 13.3 Å². The highest BCUT2D eigenvalue weighted by atomic mass is 16.5. The molecule has 1 fully saturated rings. The molecule has 0 spiro atoms. The Kier molecular flexibility index (Phi) is 2.28.